The number of hydrogen-bond donors (Lipinski definition) is 0. The van der Waals surface area contributed by atoms with Gasteiger partial charge in [0, 0.05) is 12.7 Å². The standard InChI is InChI=1S/C14H24BNO/c1-5-6-12-11(7-13(2,3)15)8-14(16(12)4)9-17-10-14/h5-10H2,1-4H3. The maximum Gasteiger partial charge on any atom is 0.0898 e. The van der Waals surface area contributed by atoms with Gasteiger partial charge in [-0.3, -0.25) is 0 Å². The van der Waals surface area contributed by atoms with Gasteiger partial charge in [0.05, 0.1) is 26.6 Å². The van der Waals surface area contributed by atoms with E-state index in [2.05, 4.69) is 32.7 Å². The smallest absolute Gasteiger partial charge is 0.0898 e. The minimum Gasteiger partial charge on any atom is -0.376 e. The first-order valence-corrected chi connectivity index (χ1v) is 6.69. The number of nitrogens with zero attached hydrogens (tertiary/aromatic N) is 1. The molecule has 2 rings (SSSR count). The molecule has 3 heteroatoms. The van der Waals surface area contributed by atoms with E-state index in [0.717, 1.165) is 26.1 Å². The van der Waals surface area contributed by atoms with Crippen molar-refractivity contribution in [2.24, 2.45) is 0 Å². The quantitative estimate of drug-likeness (QED) is 0.692. The molecule has 2 heterocycles. The molecule has 2 nitrogen and oxygen atoms in total. The van der Waals surface area contributed by atoms with Crippen LogP contribution in [0.3, 0.4) is 0 Å². The second-order valence-electron chi connectivity index (χ2n) is 6.42. The topological polar surface area (TPSA) is 12.5 Å². The zero-order valence-electron chi connectivity index (χ0n) is 11.7. The summed E-state index contributed by atoms with van der Waals surface area (Å²) in [6, 6.07) is 0. The van der Waals surface area contributed by atoms with E-state index in [9.17, 15) is 0 Å². The summed E-state index contributed by atoms with van der Waals surface area (Å²) in [6.45, 7) is 8.24. The molecular weight excluding hydrogens is 209 g/mol. The van der Waals surface area contributed by atoms with Crippen LogP contribution in [-0.2, 0) is 4.74 Å². The van der Waals surface area contributed by atoms with Crippen LogP contribution in [0.25, 0.3) is 0 Å². The molecule has 0 aromatic heterocycles. The zero-order valence-corrected chi connectivity index (χ0v) is 11.7. The van der Waals surface area contributed by atoms with Gasteiger partial charge in [-0.05, 0) is 24.8 Å². The van der Waals surface area contributed by atoms with Gasteiger partial charge in [0.25, 0.3) is 0 Å². The van der Waals surface area contributed by atoms with Gasteiger partial charge in [0.2, 0.25) is 0 Å². The summed E-state index contributed by atoms with van der Waals surface area (Å²) >= 11 is 0. The summed E-state index contributed by atoms with van der Waals surface area (Å²) in [6.07, 6.45) is 4.53. The lowest BCUT2D eigenvalue weighted by molar-refractivity contribution is -0.113. The average molecular weight is 233 g/mol. The van der Waals surface area contributed by atoms with Crippen LogP contribution in [0.4, 0.5) is 0 Å². The number of ether oxygens (including phenoxy) is 1. The number of likely N-dealkylation sites (N-methyl/N-ethyl adjacent to an activating group) is 1. The molecule has 2 radical (unpaired) electrons. The highest BCUT2D eigenvalue weighted by Crippen LogP contribution is 2.46. The van der Waals surface area contributed by atoms with Crippen LogP contribution < -0.4 is 0 Å². The Bertz CT molecular complexity index is 326. The monoisotopic (exact) mass is 233 g/mol. The maximum absolute atomic E-state index is 6.18. The number of rotatable bonds is 4. The van der Waals surface area contributed by atoms with E-state index < -0.39 is 0 Å². The molecule has 0 unspecified atom stereocenters. The van der Waals surface area contributed by atoms with Gasteiger partial charge >= 0.3 is 0 Å². The Morgan fingerprint density at radius 3 is 2.47 bits per heavy atom. The predicted octanol–water partition coefficient (Wildman–Crippen LogP) is 2.90. The Morgan fingerprint density at radius 2 is 2.06 bits per heavy atom. The Hall–Kier alpha value is -0.435. The van der Waals surface area contributed by atoms with Crippen molar-refractivity contribution >= 4 is 7.85 Å². The van der Waals surface area contributed by atoms with Gasteiger partial charge in [0.1, 0.15) is 0 Å². The van der Waals surface area contributed by atoms with E-state index in [-0.39, 0.29) is 10.9 Å². The highest BCUT2D eigenvalue weighted by atomic mass is 16.5. The van der Waals surface area contributed by atoms with Crippen LogP contribution in [0.15, 0.2) is 11.3 Å². The molecule has 0 amide bonds. The Morgan fingerprint density at radius 1 is 1.41 bits per heavy atom. The highest BCUT2D eigenvalue weighted by Gasteiger charge is 2.48. The minimum atomic E-state index is -0.106. The zero-order chi connectivity index (χ0) is 12.7. The summed E-state index contributed by atoms with van der Waals surface area (Å²) in [5.41, 5.74) is 3.35. The molecule has 0 atom stereocenters. The highest BCUT2D eigenvalue weighted by molar-refractivity contribution is 6.14. The van der Waals surface area contributed by atoms with Gasteiger partial charge in [-0.1, -0.05) is 32.5 Å². The first kappa shape index (κ1) is 13.0. The van der Waals surface area contributed by atoms with E-state index in [1.807, 2.05) is 0 Å². The van der Waals surface area contributed by atoms with Crippen molar-refractivity contribution in [2.45, 2.75) is 57.3 Å². The van der Waals surface area contributed by atoms with Gasteiger partial charge in [0.15, 0.2) is 0 Å². The second-order valence-corrected chi connectivity index (χ2v) is 6.42. The van der Waals surface area contributed by atoms with Crippen molar-refractivity contribution in [1.82, 2.24) is 4.90 Å². The Balaban J connectivity index is 2.18. The van der Waals surface area contributed by atoms with E-state index in [4.69, 9.17) is 12.6 Å². The fourth-order valence-electron chi connectivity index (χ4n) is 3.07. The van der Waals surface area contributed by atoms with Gasteiger partial charge in [-0.15, -0.1) is 0 Å². The molecule has 0 aromatic carbocycles. The molecule has 1 saturated heterocycles. The van der Waals surface area contributed by atoms with Crippen molar-refractivity contribution in [3.8, 4) is 0 Å². The molecular formula is C14H24BNO. The average Bonchev–Trinajstić information content (AvgIpc) is 2.40. The van der Waals surface area contributed by atoms with Crippen molar-refractivity contribution in [3.63, 3.8) is 0 Å². The number of allylic oxidation sites excluding steroid dienone is 1. The largest absolute Gasteiger partial charge is 0.376 e. The third-order valence-electron chi connectivity index (χ3n) is 3.96. The van der Waals surface area contributed by atoms with Crippen LogP contribution >= 0.6 is 0 Å². The van der Waals surface area contributed by atoms with Gasteiger partial charge < -0.3 is 9.64 Å². The second kappa shape index (κ2) is 4.35. The van der Waals surface area contributed by atoms with Crippen LogP contribution in [0.2, 0.25) is 5.31 Å². The first-order chi connectivity index (χ1) is 7.88. The van der Waals surface area contributed by atoms with E-state index in [1.54, 1.807) is 5.57 Å². The molecule has 1 fully saturated rings. The molecule has 0 N–H and O–H groups in total. The summed E-state index contributed by atoms with van der Waals surface area (Å²) in [4.78, 5) is 2.47. The maximum atomic E-state index is 6.18. The summed E-state index contributed by atoms with van der Waals surface area (Å²) in [5, 5.41) is -0.106. The fourth-order valence-corrected chi connectivity index (χ4v) is 3.07. The molecule has 0 aromatic rings. The van der Waals surface area contributed by atoms with Crippen LogP contribution in [0.1, 0.15) is 46.5 Å². The van der Waals surface area contributed by atoms with Crippen LogP contribution in [0, 0.1) is 0 Å². The fraction of sp³-hybridized carbons (Fsp3) is 0.857. The van der Waals surface area contributed by atoms with Gasteiger partial charge in [-0.25, -0.2) is 0 Å². The van der Waals surface area contributed by atoms with E-state index in [0.29, 0.717) is 0 Å². The van der Waals surface area contributed by atoms with E-state index >= 15 is 0 Å². The lowest BCUT2D eigenvalue weighted by Gasteiger charge is -2.46. The SMILES string of the molecule is [B]C(C)(C)CC1=C(CCC)N(C)C2(COC2)C1. The molecule has 2 aliphatic heterocycles. The van der Waals surface area contributed by atoms with Crippen molar-refractivity contribution in [1.29, 1.82) is 0 Å². The Kier molecular flexibility index (Phi) is 3.33. The third kappa shape index (κ3) is 2.40. The minimum absolute atomic E-state index is 0.106. The summed E-state index contributed by atoms with van der Waals surface area (Å²) < 4.78 is 5.44. The molecule has 0 saturated carbocycles. The van der Waals surface area contributed by atoms with Gasteiger partial charge in [-0.2, -0.15) is 0 Å². The molecule has 0 aliphatic carbocycles. The lowest BCUT2D eigenvalue weighted by atomic mass is 9.67. The third-order valence-corrected chi connectivity index (χ3v) is 3.96. The predicted molar refractivity (Wildman–Crippen MR) is 72.3 cm³/mol. The first-order valence-electron chi connectivity index (χ1n) is 6.69. The molecule has 17 heavy (non-hydrogen) atoms. The lowest BCUT2D eigenvalue weighted by Crippen LogP contribution is -2.57. The Labute approximate surface area is 107 Å². The number of hydrogen-bond acceptors (Lipinski definition) is 2. The molecule has 94 valence electrons. The molecule has 0 bridgehead atoms. The molecule has 1 spiro atoms. The van der Waals surface area contributed by atoms with E-state index in [1.165, 1.54) is 18.5 Å². The van der Waals surface area contributed by atoms with Crippen molar-refractivity contribution < 1.29 is 4.74 Å². The normalized spacial score (nSPS) is 23.4. The van der Waals surface area contributed by atoms with Crippen molar-refractivity contribution in [3.05, 3.63) is 11.3 Å². The summed E-state index contributed by atoms with van der Waals surface area (Å²) in [7, 11) is 8.41. The summed E-state index contributed by atoms with van der Waals surface area (Å²) in [5.74, 6) is 0. The molecule has 2 aliphatic rings. The van der Waals surface area contributed by atoms with Crippen LogP contribution in [-0.4, -0.2) is 38.5 Å². The van der Waals surface area contributed by atoms with Crippen molar-refractivity contribution in [2.75, 3.05) is 20.3 Å². The van der Waals surface area contributed by atoms with Crippen LogP contribution in [0.5, 0.6) is 0 Å².